The molecule has 0 fully saturated rings. The third-order valence-electron chi connectivity index (χ3n) is 4.00. The first-order valence-corrected chi connectivity index (χ1v) is 8.92. The van der Waals surface area contributed by atoms with Crippen LogP contribution in [-0.2, 0) is 10.1 Å². The number of allylic oxidation sites excluding steroid dienone is 2. The zero-order chi connectivity index (χ0) is 17.4. The van der Waals surface area contributed by atoms with Crippen LogP contribution in [-0.4, -0.2) is 13.9 Å². The van der Waals surface area contributed by atoms with Crippen LogP contribution >= 0.6 is 0 Å². The van der Waals surface area contributed by atoms with Crippen molar-refractivity contribution in [3.63, 3.8) is 0 Å². The summed E-state index contributed by atoms with van der Waals surface area (Å²) in [4.78, 5) is 0. The zero-order valence-corrected chi connectivity index (χ0v) is 13.5. The van der Waals surface area contributed by atoms with Crippen molar-refractivity contribution in [1.82, 2.24) is 0 Å². The molecular formula is C17H15F3O3S. The van der Waals surface area contributed by atoms with Crippen molar-refractivity contribution in [1.29, 1.82) is 0 Å². The maximum Gasteiger partial charge on any atom is 0.534 e. The Morgan fingerprint density at radius 2 is 1.67 bits per heavy atom. The van der Waals surface area contributed by atoms with E-state index >= 15 is 0 Å². The number of alkyl halides is 3. The van der Waals surface area contributed by atoms with Gasteiger partial charge >= 0.3 is 15.6 Å². The molecule has 0 bridgehead atoms. The zero-order valence-electron chi connectivity index (χ0n) is 12.6. The second kappa shape index (κ2) is 6.12. The largest absolute Gasteiger partial charge is 0.534 e. The molecule has 1 aliphatic rings. The second-order valence-corrected chi connectivity index (χ2v) is 7.15. The molecule has 0 saturated heterocycles. The van der Waals surface area contributed by atoms with Crippen LogP contribution in [0.4, 0.5) is 13.2 Å². The van der Waals surface area contributed by atoms with Crippen molar-refractivity contribution in [2.75, 3.05) is 0 Å². The molecule has 2 aromatic carbocycles. The second-order valence-electron chi connectivity index (χ2n) is 5.62. The molecule has 0 aliphatic heterocycles. The van der Waals surface area contributed by atoms with Crippen molar-refractivity contribution >= 4 is 26.5 Å². The van der Waals surface area contributed by atoms with E-state index in [9.17, 15) is 21.6 Å². The van der Waals surface area contributed by atoms with Crippen LogP contribution in [0.25, 0.3) is 16.3 Å². The molecule has 0 atom stereocenters. The Labute approximate surface area is 137 Å². The van der Waals surface area contributed by atoms with Crippen LogP contribution in [0.1, 0.15) is 31.2 Å². The standard InChI is InChI=1S/C17H15F3O3S/c18-17(19,20)24(21,22)23-16-11-10-13(12-6-2-1-3-7-12)14-8-4-5-9-15(14)16/h4-6,8-11H,1-3,7H2. The summed E-state index contributed by atoms with van der Waals surface area (Å²) in [7, 11) is -5.69. The Bertz CT molecular complexity index is 899. The van der Waals surface area contributed by atoms with Crippen molar-refractivity contribution < 1.29 is 25.8 Å². The van der Waals surface area contributed by atoms with E-state index in [1.807, 2.05) is 0 Å². The molecule has 0 unspecified atom stereocenters. The summed E-state index contributed by atoms with van der Waals surface area (Å²) in [6.45, 7) is 0. The van der Waals surface area contributed by atoms with Gasteiger partial charge in [0.1, 0.15) is 0 Å². The summed E-state index contributed by atoms with van der Waals surface area (Å²) >= 11 is 0. The van der Waals surface area contributed by atoms with E-state index in [2.05, 4.69) is 10.3 Å². The quantitative estimate of drug-likeness (QED) is 0.572. The van der Waals surface area contributed by atoms with E-state index in [0.29, 0.717) is 10.8 Å². The lowest BCUT2D eigenvalue weighted by molar-refractivity contribution is -0.0499. The fourth-order valence-corrected chi connectivity index (χ4v) is 3.35. The Morgan fingerprint density at radius 3 is 2.29 bits per heavy atom. The van der Waals surface area contributed by atoms with Gasteiger partial charge in [-0.3, -0.25) is 0 Å². The Morgan fingerprint density at radius 1 is 0.958 bits per heavy atom. The fraction of sp³-hybridized carbons (Fsp3) is 0.294. The van der Waals surface area contributed by atoms with E-state index in [0.717, 1.165) is 36.8 Å². The number of rotatable bonds is 3. The summed E-state index contributed by atoms with van der Waals surface area (Å²) in [5, 5.41) is 1.02. The van der Waals surface area contributed by atoms with Crippen LogP contribution < -0.4 is 4.18 Å². The molecule has 24 heavy (non-hydrogen) atoms. The molecule has 0 aromatic heterocycles. The van der Waals surface area contributed by atoms with Gasteiger partial charge in [0.25, 0.3) is 0 Å². The van der Waals surface area contributed by atoms with Crippen molar-refractivity contribution in [3.8, 4) is 5.75 Å². The average Bonchev–Trinajstić information content (AvgIpc) is 2.55. The molecule has 0 saturated carbocycles. The summed E-state index contributed by atoms with van der Waals surface area (Å²) in [5.74, 6) is -0.317. The summed E-state index contributed by atoms with van der Waals surface area (Å²) in [6, 6.07) is 9.62. The van der Waals surface area contributed by atoms with Gasteiger partial charge in [0.2, 0.25) is 0 Å². The Balaban J connectivity index is 2.11. The van der Waals surface area contributed by atoms with Gasteiger partial charge in [-0.25, -0.2) is 0 Å². The SMILES string of the molecule is O=S(=O)(Oc1ccc(C2=CCCCC2)c2ccccc12)C(F)(F)F. The van der Waals surface area contributed by atoms with Gasteiger partial charge in [0, 0.05) is 5.39 Å². The smallest absolute Gasteiger partial charge is 0.375 e. The molecule has 1 aliphatic carbocycles. The monoisotopic (exact) mass is 356 g/mol. The third kappa shape index (κ3) is 3.13. The number of fused-ring (bicyclic) bond motifs is 1. The first kappa shape index (κ1) is 16.8. The molecule has 0 spiro atoms. The minimum Gasteiger partial charge on any atom is -0.375 e. The highest BCUT2D eigenvalue weighted by Crippen LogP contribution is 2.37. The molecular weight excluding hydrogens is 341 g/mol. The molecule has 128 valence electrons. The third-order valence-corrected chi connectivity index (χ3v) is 4.97. The summed E-state index contributed by atoms with van der Waals surface area (Å²) in [5.41, 5.74) is -3.43. The molecule has 0 amide bonds. The number of halogens is 3. The van der Waals surface area contributed by atoms with Crippen LogP contribution in [0, 0.1) is 0 Å². The van der Waals surface area contributed by atoms with Gasteiger partial charge in [0.15, 0.2) is 5.75 Å². The predicted molar refractivity (Wildman–Crippen MR) is 86.0 cm³/mol. The van der Waals surface area contributed by atoms with Gasteiger partial charge < -0.3 is 4.18 Å². The van der Waals surface area contributed by atoms with Crippen molar-refractivity contribution in [3.05, 3.63) is 48.0 Å². The van der Waals surface area contributed by atoms with Gasteiger partial charge in [-0.05, 0) is 48.3 Å². The molecule has 0 radical (unpaired) electrons. The highest BCUT2D eigenvalue weighted by atomic mass is 32.2. The number of hydrogen-bond acceptors (Lipinski definition) is 3. The Kier molecular flexibility index (Phi) is 4.29. The van der Waals surface area contributed by atoms with Gasteiger partial charge in [0.05, 0.1) is 0 Å². The summed E-state index contributed by atoms with van der Waals surface area (Å²) < 4.78 is 64.6. The van der Waals surface area contributed by atoms with Crippen molar-refractivity contribution in [2.24, 2.45) is 0 Å². The van der Waals surface area contributed by atoms with E-state index in [1.54, 1.807) is 30.3 Å². The molecule has 3 rings (SSSR count). The maximum absolute atomic E-state index is 12.6. The lowest BCUT2D eigenvalue weighted by atomic mass is 9.90. The van der Waals surface area contributed by atoms with E-state index in [1.165, 1.54) is 6.07 Å². The number of hydrogen-bond donors (Lipinski definition) is 0. The normalized spacial score (nSPS) is 16.0. The van der Waals surface area contributed by atoms with Gasteiger partial charge in [-0.2, -0.15) is 21.6 Å². The van der Waals surface area contributed by atoms with E-state index in [4.69, 9.17) is 0 Å². The Hall–Kier alpha value is -2.02. The fourth-order valence-electron chi connectivity index (χ4n) is 2.87. The highest BCUT2D eigenvalue weighted by molar-refractivity contribution is 7.88. The minimum atomic E-state index is -5.69. The highest BCUT2D eigenvalue weighted by Gasteiger charge is 2.48. The topological polar surface area (TPSA) is 43.4 Å². The van der Waals surface area contributed by atoms with Crippen LogP contribution in [0.2, 0.25) is 0 Å². The molecule has 3 nitrogen and oxygen atoms in total. The summed E-state index contributed by atoms with van der Waals surface area (Å²) in [6.07, 6.45) is 6.15. The predicted octanol–water partition coefficient (Wildman–Crippen LogP) is 5.03. The lowest BCUT2D eigenvalue weighted by Crippen LogP contribution is -2.28. The number of benzene rings is 2. The molecule has 0 N–H and O–H groups in total. The minimum absolute atomic E-state index is 0.317. The molecule has 2 aromatic rings. The van der Waals surface area contributed by atoms with Gasteiger partial charge in [-0.15, -0.1) is 0 Å². The van der Waals surface area contributed by atoms with Crippen LogP contribution in [0.3, 0.4) is 0 Å². The van der Waals surface area contributed by atoms with Crippen LogP contribution in [0.5, 0.6) is 5.75 Å². The van der Waals surface area contributed by atoms with Gasteiger partial charge in [-0.1, -0.05) is 36.4 Å². The average molecular weight is 356 g/mol. The van der Waals surface area contributed by atoms with E-state index in [-0.39, 0.29) is 5.75 Å². The maximum atomic E-state index is 12.6. The first-order valence-electron chi connectivity index (χ1n) is 7.51. The first-order chi connectivity index (χ1) is 11.3. The molecule has 7 heteroatoms. The van der Waals surface area contributed by atoms with E-state index < -0.39 is 15.6 Å². The molecule has 0 heterocycles. The van der Waals surface area contributed by atoms with Crippen molar-refractivity contribution in [2.45, 2.75) is 31.2 Å². The van der Waals surface area contributed by atoms with Crippen LogP contribution in [0.15, 0.2) is 42.5 Å². The lowest BCUT2D eigenvalue weighted by Gasteiger charge is -2.17.